The SMILES string of the molecule is Cc1nn(C23CC4CC(CC(C4)C2)C3)c(C(=O)O)c1N. The molecule has 0 saturated heterocycles. The van der Waals surface area contributed by atoms with Crippen LogP contribution in [0.4, 0.5) is 5.69 Å². The van der Waals surface area contributed by atoms with Crippen molar-refractivity contribution in [3.63, 3.8) is 0 Å². The molecule has 1 heterocycles. The smallest absolute Gasteiger partial charge is 0.356 e. The number of anilines is 1. The minimum Gasteiger partial charge on any atom is -0.476 e. The van der Waals surface area contributed by atoms with Gasteiger partial charge in [-0.05, 0) is 63.2 Å². The van der Waals surface area contributed by atoms with Crippen molar-refractivity contribution in [3.05, 3.63) is 11.4 Å². The minimum atomic E-state index is -0.946. The largest absolute Gasteiger partial charge is 0.476 e. The number of aryl methyl sites for hydroxylation is 1. The molecule has 4 aliphatic rings. The van der Waals surface area contributed by atoms with E-state index in [1.54, 1.807) is 11.6 Å². The fourth-order valence-corrected chi connectivity index (χ4v) is 5.41. The van der Waals surface area contributed by atoms with E-state index in [4.69, 9.17) is 5.73 Å². The molecule has 0 spiro atoms. The van der Waals surface area contributed by atoms with Crippen molar-refractivity contribution >= 4 is 11.7 Å². The molecule has 4 saturated carbocycles. The summed E-state index contributed by atoms with van der Waals surface area (Å²) in [5.41, 5.74) is 7.08. The highest BCUT2D eigenvalue weighted by molar-refractivity contribution is 5.92. The molecule has 4 aliphatic carbocycles. The third-order valence-electron chi connectivity index (χ3n) is 5.76. The van der Waals surface area contributed by atoms with Gasteiger partial charge in [0.2, 0.25) is 0 Å². The number of hydrogen-bond donors (Lipinski definition) is 2. The number of nitrogens with two attached hydrogens (primary N) is 1. The second-order valence-electron chi connectivity index (χ2n) is 7.21. The zero-order valence-corrected chi connectivity index (χ0v) is 11.8. The lowest BCUT2D eigenvalue weighted by Crippen LogP contribution is -2.53. The first-order valence-corrected chi connectivity index (χ1v) is 7.57. The van der Waals surface area contributed by atoms with E-state index in [0.717, 1.165) is 37.0 Å². The summed E-state index contributed by atoms with van der Waals surface area (Å²) in [5, 5.41) is 14.1. The summed E-state index contributed by atoms with van der Waals surface area (Å²) < 4.78 is 1.80. The van der Waals surface area contributed by atoms with Crippen LogP contribution in [-0.4, -0.2) is 20.9 Å². The molecular formula is C15H21N3O2. The maximum atomic E-state index is 11.6. The summed E-state index contributed by atoms with van der Waals surface area (Å²) in [6.07, 6.45) is 7.24. The summed E-state index contributed by atoms with van der Waals surface area (Å²) in [7, 11) is 0. The van der Waals surface area contributed by atoms with Crippen LogP contribution in [-0.2, 0) is 5.54 Å². The third-order valence-corrected chi connectivity index (χ3v) is 5.76. The van der Waals surface area contributed by atoms with E-state index in [0.29, 0.717) is 11.4 Å². The standard InChI is InChI=1S/C15H21N3O2/c1-8-12(16)13(14(19)20)18(17-8)15-5-9-2-10(6-15)4-11(3-9)7-15/h9-11H,2-7,16H2,1H3,(H,19,20). The molecule has 5 heteroatoms. The maximum Gasteiger partial charge on any atom is 0.356 e. The zero-order chi connectivity index (χ0) is 14.1. The lowest BCUT2D eigenvalue weighted by Gasteiger charge is -2.56. The molecule has 20 heavy (non-hydrogen) atoms. The van der Waals surface area contributed by atoms with Gasteiger partial charge in [-0.3, -0.25) is 0 Å². The Morgan fingerprint density at radius 3 is 2.20 bits per heavy atom. The quantitative estimate of drug-likeness (QED) is 0.868. The number of aromatic carboxylic acids is 1. The number of carbonyl (C=O) groups is 1. The van der Waals surface area contributed by atoms with E-state index < -0.39 is 5.97 Å². The monoisotopic (exact) mass is 275 g/mol. The molecule has 0 aromatic carbocycles. The number of carboxylic acids is 1. The summed E-state index contributed by atoms with van der Waals surface area (Å²) in [6.45, 7) is 1.80. The van der Waals surface area contributed by atoms with Crippen LogP contribution >= 0.6 is 0 Å². The van der Waals surface area contributed by atoms with Crippen molar-refractivity contribution in [2.75, 3.05) is 5.73 Å². The zero-order valence-electron chi connectivity index (χ0n) is 11.8. The van der Waals surface area contributed by atoms with Crippen LogP contribution in [0, 0.1) is 24.7 Å². The van der Waals surface area contributed by atoms with E-state index in [1.807, 2.05) is 0 Å². The summed E-state index contributed by atoms with van der Waals surface area (Å²) in [6, 6.07) is 0. The van der Waals surface area contributed by atoms with Gasteiger partial charge in [-0.25, -0.2) is 9.48 Å². The van der Waals surface area contributed by atoms with Gasteiger partial charge in [-0.1, -0.05) is 0 Å². The van der Waals surface area contributed by atoms with Gasteiger partial charge in [0.25, 0.3) is 0 Å². The Bertz CT molecular complexity index is 555. The average Bonchev–Trinajstić information content (AvgIpc) is 2.65. The van der Waals surface area contributed by atoms with Gasteiger partial charge < -0.3 is 10.8 Å². The van der Waals surface area contributed by atoms with E-state index in [9.17, 15) is 9.90 Å². The second kappa shape index (κ2) is 3.77. The molecule has 5 nitrogen and oxygen atoms in total. The number of nitrogen functional groups attached to an aromatic ring is 1. The van der Waals surface area contributed by atoms with Crippen molar-refractivity contribution in [3.8, 4) is 0 Å². The molecule has 3 N–H and O–H groups in total. The first-order chi connectivity index (χ1) is 9.48. The van der Waals surface area contributed by atoms with Crippen molar-refractivity contribution in [2.45, 2.75) is 51.0 Å². The van der Waals surface area contributed by atoms with E-state index in [1.165, 1.54) is 19.3 Å². The van der Waals surface area contributed by atoms with Crippen molar-refractivity contribution in [1.82, 2.24) is 9.78 Å². The van der Waals surface area contributed by atoms with Crippen LogP contribution in [0.3, 0.4) is 0 Å². The molecule has 4 fully saturated rings. The van der Waals surface area contributed by atoms with Gasteiger partial charge in [0, 0.05) is 0 Å². The Balaban J connectivity index is 1.85. The van der Waals surface area contributed by atoms with Crippen LogP contribution in [0.2, 0.25) is 0 Å². The molecule has 5 rings (SSSR count). The molecule has 108 valence electrons. The van der Waals surface area contributed by atoms with Gasteiger partial charge >= 0.3 is 5.97 Å². The highest BCUT2D eigenvalue weighted by Crippen LogP contribution is 2.59. The van der Waals surface area contributed by atoms with E-state index >= 15 is 0 Å². The molecule has 4 bridgehead atoms. The Morgan fingerprint density at radius 2 is 1.75 bits per heavy atom. The van der Waals surface area contributed by atoms with Gasteiger partial charge in [-0.2, -0.15) is 5.10 Å². The molecule has 0 amide bonds. The Kier molecular flexibility index (Phi) is 2.31. The number of rotatable bonds is 2. The fraction of sp³-hybridized carbons (Fsp3) is 0.733. The molecule has 1 aromatic heterocycles. The van der Waals surface area contributed by atoms with Crippen molar-refractivity contribution in [1.29, 1.82) is 0 Å². The Labute approximate surface area is 118 Å². The highest BCUT2D eigenvalue weighted by Gasteiger charge is 2.53. The topological polar surface area (TPSA) is 81.1 Å². The van der Waals surface area contributed by atoms with Gasteiger partial charge in [-0.15, -0.1) is 0 Å². The molecule has 0 radical (unpaired) electrons. The number of nitrogens with zero attached hydrogens (tertiary/aromatic N) is 2. The fourth-order valence-electron chi connectivity index (χ4n) is 5.41. The first kappa shape index (κ1) is 12.2. The van der Waals surface area contributed by atoms with Crippen LogP contribution in [0.25, 0.3) is 0 Å². The Hall–Kier alpha value is -1.52. The minimum absolute atomic E-state index is 0.0785. The van der Waals surface area contributed by atoms with Crippen molar-refractivity contribution < 1.29 is 9.90 Å². The molecular weight excluding hydrogens is 254 g/mol. The molecule has 0 unspecified atom stereocenters. The Morgan fingerprint density at radius 1 is 1.25 bits per heavy atom. The third kappa shape index (κ3) is 1.49. The van der Waals surface area contributed by atoms with Crippen LogP contribution in [0.5, 0.6) is 0 Å². The first-order valence-electron chi connectivity index (χ1n) is 7.57. The summed E-state index contributed by atoms with van der Waals surface area (Å²) in [4.78, 5) is 11.6. The number of aromatic nitrogens is 2. The normalized spacial score (nSPS) is 38.4. The summed E-state index contributed by atoms with van der Waals surface area (Å²) >= 11 is 0. The molecule has 0 aliphatic heterocycles. The number of hydrogen-bond acceptors (Lipinski definition) is 3. The second-order valence-corrected chi connectivity index (χ2v) is 7.21. The van der Waals surface area contributed by atoms with E-state index in [-0.39, 0.29) is 11.2 Å². The molecule has 1 aromatic rings. The lowest BCUT2D eigenvalue weighted by molar-refractivity contribution is -0.0509. The van der Waals surface area contributed by atoms with Gasteiger partial charge in [0.15, 0.2) is 5.69 Å². The predicted molar refractivity (Wildman–Crippen MR) is 74.5 cm³/mol. The predicted octanol–water partition coefficient (Wildman–Crippen LogP) is 2.40. The highest BCUT2D eigenvalue weighted by atomic mass is 16.4. The van der Waals surface area contributed by atoms with Crippen LogP contribution in [0.1, 0.15) is 54.7 Å². The van der Waals surface area contributed by atoms with Gasteiger partial charge in [0.1, 0.15) is 0 Å². The molecule has 0 atom stereocenters. The van der Waals surface area contributed by atoms with Crippen molar-refractivity contribution in [2.24, 2.45) is 17.8 Å². The lowest BCUT2D eigenvalue weighted by atomic mass is 9.53. The maximum absolute atomic E-state index is 11.6. The summed E-state index contributed by atoms with van der Waals surface area (Å²) in [5.74, 6) is 1.33. The number of carboxylic acid groups (broad SMARTS) is 1. The van der Waals surface area contributed by atoms with Crippen LogP contribution in [0.15, 0.2) is 0 Å². The van der Waals surface area contributed by atoms with Crippen LogP contribution < -0.4 is 5.73 Å². The average molecular weight is 275 g/mol. The van der Waals surface area contributed by atoms with E-state index in [2.05, 4.69) is 5.10 Å². The van der Waals surface area contributed by atoms with Gasteiger partial charge in [0.05, 0.1) is 16.9 Å².